The highest BCUT2D eigenvalue weighted by molar-refractivity contribution is 7.26. The van der Waals surface area contributed by atoms with Gasteiger partial charge in [-0.25, -0.2) is 15.0 Å². The Labute approximate surface area is 286 Å². The molecule has 49 heavy (non-hydrogen) atoms. The van der Waals surface area contributed by atoms with Crippen LogP contribution in [0, 0.1) is 0 Å². The third-order valence-corrected chi connectivity index (χ3v) is 10.6. The fourth-order valence-electron chi connectivity index (χ4n) is 7.12. The number of aromatic nitrogens is 3. The summed E-state index contributed by atoms with van der Waals surface area (Å²) < 4.78 is 2.54. The molecule has 0 fully saturated rings. The maximum Gasteiger partial charge on any atom is 0.160 e. The van der Waals surface area contributed by atoms with Gasteiger partial charge >= 0.3 is 0 Å². The van der Waals surface area contributed by atoms with E-state index in [1.807, 2.05) is 35.6 Å². The van der Waals surface area contributed by atoms with E-state index < -0.39 is 0 Å². The van der Waals surface area contributed by atoms with Crippen LogP contribution in [0.5, 0.6) is 0 Å². The minimum atomic E-state index is 0.685. The largest absolute Gasteiger partial charge is 0.247 e. The molecule has 4 aromatic heterocycles. The molecule has 4 heteroatoms. The minimum absolute atomic E-state index is 0.685. The van der Waals surface area contributed by atoms with Crippen LogP contribution >= 0.6 is 11.3 Å². The second kappa shape index (κ2) is 11.2. The van der Waals surface area contributed by atoms with E-state index in [0.717, 1.165) is 55.3 Å². The number of hydrogen-bond donors (Lipinski definition) is 0. The van der Waals surface area contributed by atoms with E-state index in [4.69, 9.17) is 15.0 Å². The lowest BCUT2D eigenvalue weighted by Crippen LogP contribution is -1.97. The molecule has 0 radical (unpaired) electrons. The molecule has 10 aromatic rings. The normalized spacial score (nSPS) is 11.7. The molecule has 0 saturated carbocycles. The lowest BCUT2D eigenvalue weighted by Gasteiger charge is -2.11. The van der Waals surface area contributed by atoms with Crippen LogP contribution in [0.15, 0.2) is 164 Å². The number of benzene rings is 6. The topological polar surface area (TPSA) is 38.7 Å². The summed E-state index contributed by atoms with van der Waals surface area (Å²) in [6, 6.07) is 58.0. The minimum Gasteiger partial charge on any atom is -0.247 e. The Bertz CT molecular complexity index is 2870. The highest BCUT2D eigenvalue weighted by Gasteiger charge is 2.15. The molecular formula is C45H27N3S. The average molecular weight is 642 g/mol. The molecule has 0 aliphatic carbocycles. The molecule has 228 valence electrons. The van der Waals surface area contributed by atoms with Gasteiger partial charge in [0.15, 0.2) is 5.82 Å². The Hall–Kier alpha value is -6.23. The lowest BCUT2D eigenvalue weighted by molar-refractivity contribution is 1.18. The van der Waals surface area contributed by atoms with Crippen LogP contribution in [0.3, 0.4) is 0 Å². The van der Waals surface area contributed by atoms with Gasteiger partial charge in [-0.1, -0.05) is 121 Å². The summed E-state index contributed by atoms with van der Waals surface area (Å²) in [5.41, 5.74) is 6.52. The molecule has 0 aliphatic heterocycles. The fourth-order valence-corrected chi connectivity index (χ4v) is 8.24. The van der Waals surface area contributed by atoms with Crippen molar-refractivity contribution in [1.29, 1.82) is 0 Å². The zero-order valence-electron chi connectivity index (χ0n) is 26.3. The third-order valence-electron chi connectivity index (χ3n) is 9.45. The van der Waals surface area contributed by atoms with Crippen molar-refractivity contribution in [2.45, 2.75) is 0 Å². The molecule has 0 atom stereocenters. The van der Waals surface area contributed by atoms with Crippen molar-refractivity contribution in [2.75, 3.05) is 0 Å². The van der Waals surface area contributed by atoms with Crippen LogP contribution in [-0.2, 0) is 0 Å². The standard InChI is InChI=1S/C45H27N3S/c1-3-11-28(12-4-1)39-27-40(48-45(47-39)29-13-5-2-6-14-29)36-22-23-38-35-19-10-20-42-43(35)37-26-31(21-24-41(37)49-42)34-18-8-7-17-33(34)30-15-9-16-32(25-30)44(36)46-38/h1-27H. The lowest BCUT2D eigenvalue weighted by atomic mass is 10.0. The molecule has 3 nitrogen and oxygen atoms in total. The first-order valence-electron chi connectivity index (χ1n) is 16.4. The highest BCUT2D eigenvalue weighted by Crippen LogP contribution is 2.40. The van der Waals surface area contributed by atoms with E-state index >= 15 is 0 Å². The number of rotatable bonds is 3. The van der Waals surface area contributed by atoms with Crippen LogP contribution in [0.4, 0.5) is 0 Å². The monoisotopic (exact) mass is 641 g/mol. The van der Waals surface area contributed by atoms with Crippen molar-refractivity contribution >= 4 is 74.9 Å². The molecule has 10 rings (SSSR count). The van der Waals surface area contributed by atoms with Gasteiger partial charge in [0.25, 0.3) is 0 Å². The van der Waals surface area contributed by atoms with Crippen molar-refractivity contribution in [3.63, 3.8) is 0 Å². The molecule has 0 unspecified atom stereocenters. The van der Waals surface area contributed by atoms with E-state index in [-0.39, 0.29) is 0 Å². The smallest absolute Gasteiger partial charge is 0.160 e. The summed E-state index contributed by atoms with van der Waals surface area (Å²) >= 11 is 1.84. The second-order valence-corrected chi connectivity index (χ2v) is 13.5. The second-order valence-electron chi connectivity index (χ2n) is 12.4. The van der Waals surface area contributed by atoms with Gasteiger partial charge in [-0.15, -0.1) is 11.3 Å². The zero-order chi connectivity index (χ0) is 32.3. The Morgan fingerprint density at radius 3 is 1.88 bits per heavy atom. The first-order valence-corrected chi connectivity index (χ1v) is 17.3. The molecule has 0 saturated heterocycles. The number of pyridine rings is 1. The first kappa shape index (κ1) is 27.8. The molecule has 0 N–H and O–H groups in total. The molecule has 4 heterocycles. The van der Waals surface area contributed by atoms with Crippen molar-refractivity contribution in [3.8, 4) is 33.9 Å². The van der Waals surface area contributed by atoms with Crippen LogP contribution in [0.25, 0.3) is 97.4 Å². The maximum atomic E-state index is 5.52. The van der Waals surface area contributed by atoms with Crippen molar-refractivity contribution in [3.05, 3.63) is 164 Å². The molecular weight excluding hydrogens is 615 g/mol. The molecule has 6 aromatic carbocycles. The van der Waals surface area contributed by atoms with Gasteiger partial charge in [0.2, 0.25) is 0 Å². The molecule has 6 bridgehead atoms. The van der Waals surface area contributed by atoms with Crippen LogP contribution in [-0.4, -0.2) is 15.0 Å². The number of nitrogens with zero attached hydrogens (tertiary/aromatic N) is 3. The van der Waals surface area contributed by atoms with Crippen molar-refractivity contribution < 1.29 is 0 Å². The predicted molar refractivity (Wildman–Crippen MR) is 208 cm³/mol. The summed E-state index contributed by atoms with van der Waals surface area (Å²) in [5.74, 6) is 0.685. The van der Waals surface area contributed by atoms with Crippen LogP contribution < -0.4 is 0 Å². The number of hydrogen-bond acceptors (Lipinski definition) is 4. The van der Waals surface area contributed by atoms with E-state index in [9.17, 15) is 0 Å². The molecule has 0 aliphatic rings. The first-order chi connectivity index (χ1) is 24.3. The van der Waals surface area contributed by atoms with E-state index in [1.54, 1.807) is 0 Å². The maximum absolute atomic E-state index is 5.52. The number of thiophene rings is 1. The zero-order valence-corrected chi connectivity index (χ0v) is 27.2. The summed E-state index contributed by atoms with van der Waals surface area (Å²) in [5, 5.41) is 9.46. The van der Waals surface area contributed by atoms with E-state index in [1.165, 1.54) is 36.3 Å². The highest BCUT2D eigenvalue weighted by atomic mass is 32.1. The fraction of sp³-hybridized carbons (Fsp3) is 0. The van der Waals surface area contributed by atoms with Gasteiger partial charge in [0.1, 0.15) is 0 Å². The van der Waals surface area contributed by atoms with Crippen LogP contribution in [0.2, 0.25) is 0 Å². The summed E-state index contributed by atoms with van der Waals surface area (Å²) in [4.78, 5) is 15.8. The SMILES string of the molecule is c1ccc(-c2cc(-c3ccc4nc3c3cccc(c3)c3ccccc3c3ccc5sc6cccc4c6c5c3)nc(-c3ccccc3)n2)cc1. The molecule has 0 amide bonds. The Balaban J connectivity index is 1.38. The summed E-state index contributed by atoms with van der Waals surface area (Å²) in [7, 11) is 0. The third kappa shape index (κ3) is 4.68. The Morgan fingerprint density at radius 2 is 1.06 bits per heavy atom. The van der Waals surface area contributed by atoms with Gasteiger partial charge in [-0.3, -0.25) is 0 Å². The summed E-state index contributed by atoms with van der Waals surface area (Å²) in [6.07, 6.45) is 0. The number of fused-ring (bicyclic) bond motifs is 10. The van der Waals surface area contributed by atoms with E-state index in [2.05, 4.69) is 140 Å². The van der Waals surface area contributed by atoms with Crippen LogP contribution in [0.1, 0.15) is 0 Å². The van der Waals surface area contributed by atoms with Gasteiger partial charge in [0.05, 0.1) is 22.4 Å². The Kier molecular flexibility index (Phi) is 6.36. The van der Waals surface area contributed by atoms with Gasteiger partial charge in [0, 0.05) is 47.6 Å². The van der Waals surface area contributed by atoms with Gasteiger partial charge < -0.3 is 0 Å². The predicted octanol–water partition coefficient (Wildman–Crippen LogP) is 12.4. The van der Waals surface area contributed by atoms with Gasteiger partial charge in [-0.2, -0.15) is 0 Å². The Morgan fingerprint density at radius 1 is 0.388 bits per heavy atom. The molecule has 0 spiro atoms. The van der Waals surface area contributed by atoms with Crippen molar-refractivity contribution in [1.82, 2.24) is 15.0 Å². The quantitative estimate of drug-likeness (QED) is 0.193. The summed E-state index contributed by atoms with van der Waals surface area (Å²) in [6.45, 7) is 0. The van der Waals surface area contributed by atoms with Crippen molar-refractivity contribution in [2.24, 2.45) is 0 Å². The average Bonchev–Trinajstić information content (AvgIpc) is 3.56. The van der Waals surface area contributed by atoms with E-state index in [0.29, 0.717) is 5.82 Å². The van der Waals surface area contributed by atoms with Gasteiger partial charge in [-0.05, 0) is 64.0 Å².